The van der Waals surface area contributed by atoms with Gasteiger partial charge in [-0.05, 0) is 43.7 Å². The second kappa shape index (κ2) is 7.74. The maximum atomic E-state index is 13.7. The zero-order valence-corrected chi connectivity index (χ0v) is 14.6. The number of nitrogens with one attached hydrogen (secondary N) is 2. The van der Waals surface area contributed by atoms with Gasteiger partial charge in [-0.15, -0.1) is 0 Å². The van der Waals surface area contributed by atoms with E-state index in [0.29, 0.717) is 16.9 Å². The van der Waals surface area contributed by atoms with Crippen LogP contribution in [0.4, 0.5) is 16.0 Å². The first-order chi connectivity index (χ1) is 12.5. The fourth-order valence-electron chi connectivity index (χ4n) is 2.50. The van der Waals surface area contributed by atoms with Crippen molar-refractivity contribution in [2.45, 2.75) is 20.4 Å². The van der Waals surface area contributed by atoms with Crippen molar-refractivity contribution in [2.24, 2.45) is 0 Å². The SMILES string of the molecule is Cc1cccc(NC(=O)c2cc(C)nc(NCc3ccccc3F)n2)c1. The Morgan fingerprint density at radius 3 is 2.62 bits per heavy atom. The van der Waals surface area contributed by atoms with E-state index in [0.717, 1.165) is 5.56 Å². The van der Waals surface area contributed by atoms with E-state index in [1.807, 2.05) is 31.2 Å². The average molecular weight is 350 g/mol. The van der Waals surface area contributed by atoms with E-state index >= 15 is 0 Å². The fraction of sp³-hybridized carbons (Fsp3) is 0.150. The molecule has 26 heavy (non-hydrogen) atoms. The molecule has 6 heteroatoms. The summed E-state index contributed by atoms with van der Waals surface area (Å²) < 4.78 is 13.7. The number of amides is 1. The second-order valence-corrected chi connectivity index (χ2v) is 5.99. The maximum Gasteiger partial charge on any atom is 0.274 e. The molecule has 2 aromatic carbocycles. The van der Waals surface area contributed by atoms with Crippen LogP contribution in [0.15, 0.2) is 54.6 Å². The molecule has 0 unspecified atom stereocenters. The van der Waals surface area contributed by atoms with Crippen LogP contribution in [-0.2, 0) is 6.54 Å². The predicted octanol–water partition coefficient (Wildman–Crippen LogP) is 4.10. The van der Waals surface area contributed by atoms with Crippen LogP contribution in [0.3, 0.4) is 0 Å². The molecule has 2 N–H and O–H groups in total. The third kappa shape index (κ3) is 4.42. The van der Waals surface area contributed by atoms with Gasteiger partial charge >= 0.3 is 0 Å². The quantitative estimate of drug-likeness (QED) is 0.727. The third-order valence-corrected chi connectivity index (χ3v) is 3.76. The zero-order valence-electron chi connectivity index (χ0n) is 14.6. The van der Waals surface area contributed by atoms with Crippen LogP contribution < -0.4 is 10.6 Å². The second-order valence-electron chi connectivity index (χ2n) is 5.99. The lowest BCUT2D eigenvalue weighted by Crippen LogP contribution is -2.16. The van der Waals surface area contributed by atoms with Crippen molar-refractivity contribution in [2.75, 3.05) is 10.6 Å². The lowest BCUT2D eigenvalue weighted by Gasteiger charge is -2.10. The number of halogens is 1. The van der Waals surface area contributed by atoms with Crippen LogP contribution >= 0.6 is 0 Å². The first-order valence-electron chi connectivity index (χ1n) is 8.22. The molecule has 0 bridgehead atoms. The Hall–Kier alpha value is -3.28. The van der Waals surface area contributed by atoms with E-state index in [9.17, 15) is 9.18 Å². The number of hydrogen-bond acceptors (Lipinski definition) is 4. The predicted molar refractivity (Wildman–Crippen MR) is 99.6 cm³/mol. The number of rotatable bonds is 5. The summed E-state index contributed by atoms with van der Waals surface area (Å²) in [4.78, 5) is 21.0. The van der Waals surface area contributed by atoms with Crippen LogP contribution in [-0.4, -0.2) is 15.9 Å². The molecular weight excluding hydrogens is 331 g/mol. The van der Waals surface area contributed by atoms with Gasteiger partial charge in [0.15, 0.2) is 0 Å². The van der Waals surface area contributed by atoms with Crippen molar-refractivity contribution in [1.82, 2.24) is 9.97 Å². The summed E-state index contributed by atoms with van der Waals surface area (Å²) in [6, 6.07) is 15.6. The molecule has 0 saturated carbocycles. The minimum Gasteiger partial charge on any atom is -0.350 e. The standard InChI is InChI=1S/C20H19FN4O/c1-13-6-5-8-16(10-13)24-19(26)18-11-14(2)23-20(25-18)22-12-15-7-3-4-9-17(15)21/h3-11H,12H2,1-2H3,(H,24,26)(H,22,23,25). The molecule has 3 aromatic rings. The van der Waals surface area contributed by atoms with Gasteiger partial charge in [-0.3, -0.25) is 4.79 Å². The van der Waals surface area contributed by atoms with Crippen LogP contribution in [0.25, 0.3) is 0 Å². The highest BCUT2D eigenvalue weighted by atomic mass is 19.1. The number of aryl methyl sites for hydroxylation is 2. The van der Waals surface area contributed by atoms with Crippen molar-refractivity contribution >= 4 is 17.5 Å². The monoisotopic (exact) mass is 350 g/mol. The summed E-state index contributed by atoms with van der Waals surface area (Å²) in [7, 11) is 0. The first-order valence-corrected chi connectivity index (χ1v) is 8.22. The molecular formula is C20H19FN4O. The zero-order chi connectivity index (χ0) is 18.5. The normalized spacial score (nSPS) is 10.4. The number of nitrogens with zero attached hydrogens (tertiary/aromatic N) is 2. The number of hydrogen-bond donors (Lipinski definition) is 2. The van der Waals surface area contributed by atoms with E-state index in [1.54, 1.807) is 31.2 Å². The number of carbonyl (C=O) groups excluding carboxylic acids is 1. The lowest BCUT2D eigenvalue weighted by atomic mass is 10.2. The molecule has 0 aliphatic heterocycles. The molecule has 5 nitrogen and oxygen atoms in total. The largest absolute Gasteiger partial charge is 0.350 e. The molecule has 0 atom stereocenters. The van der Waals surface area contributed by atoms with Crippen molar-refractivity contribution < 1.29 is 9.18 Å². The summed E-state index contributed by atoms with van der Waals surface area (Å²) in [6.45, 7) is 3.96. The molecule has 0 radical (unpaired) electrons. The topological polar surface area (TPSA) is 66.9 Å². The smallest absolute Gasteiger partial charge is 0.274 e. The fourth-order valence-corrected chi connectivity index (χ4v) is 2.50. The van der Waals surface area contributed by atoms with E-state index in [1.165, 1.54) is 6.07 Å². The molecule has 1 aromatic heterocycles. The first kappa shape index (κ1) is 17.5. The maximum absolute atomic E-state index is 13.7. The van der Waals surface area contributed by atoms with Gasteiger partial charge in [0, 0.05) is 23.5 Å². The number of aromatic nitrogens is 2. The lowest BCUT2D eigenvalue weighted by molar-refractivity contribution is 0.102. The minimum absolute atomic E-state index is 0.231. The van der Waals surface area contributed by atoms with Crippen molar-refractivity contribution in [3.8, 4) is 0 Å². The van der Waals surface area contributed by atoms with Gasteiger partial charge in [0.1, 0.15) is 11.5 Å². The molecule has 3 rings (SSSR count). The summed E-state index contributed by atoms with van der Waals surface area (Å²) in [5, 5.41) is 5.79. The van der Waals surface area contributed by atoms with E-state index in [2.05, 4.69) is 20.6 Å². The van der Waals surface area contributed by atoms with Gasteiger partial charge in [-0.1, -0.05) is 30.3 Å². The van der Waals surface area contributed by atoms with Crippen molar-refractivity contribution in [3.63, 3.8) is 0 Å². The highest BCUT2D eigenvalue weighted by Gasteiger charge is 2.11. The Balaban J connectivity index is 1.74. The van der Waals surface area contributed by atoms with Crippen LogP contribution in [0, 0.1) is 19.7 Å². The van der Waals surface area contributed by atoms with Gasteiger partial charge in [-0.25, -0.2) is 14.4 Å². The third-order valence-electron chi connectivity index (χ3n) is 3.76. The van der Waals surface area contributed by atoms with Crippen LogP contribution in [0.2, 0.25) is 0 Å². The Labute approximate surface area is 151 Å². The van der Waals surface area contributed by atoms with Gasteiger partial charge in [0.05, 0.1) is 0 Å². The molecule has 0 saturated heterocycles. The molecule has 0 spiro atoms. The average Bonchev–Trinajstić information content (AvgIpc) is 2.60. The summed E-state index contributed by atoms with van der Waals surface area (Å²) in [5.41, 5.74) is 3.14. The number of carbonyl (C=O) groups is 1. The molecule has 1 amide bonds. The van der Waals surface area contributed by atoms with E-state index < -0.39 is 0 Å². The highest BCUT2D eigenvalue weighted by Crippen LogP contribution is 2.13. The van der Waals surface area contributed by atoms with Crippen LogP contribution in [0.1, 0.15) is 27.3 Å². The minimum atomic E-state index is -0.324. The summed E-state index contributed by atoms with van der Waals surface area (Å²) in [6.07, 6.45) is 0. The Kier molecular flexibility index (Phi) is 5.22. The van der Waals surface area contributed by atoms with Gasteiger partial charge < -0.3 is 10.6 Å². The van der Waals surface area contributed by atoms with Crippen LogP contribution in [0.5, 0.6) is 0 Å². The summed E-state index contributed by atoms with van der Waals surface area (Å²) in [5.74, 6) is -0.345. The molecule has 1 heterocycles. The molecule has 0 fully saturated rings. The van der Waals surface area contributed by atoms with Gasteiger partial charge in [0.25, 0.3) is 5.91 Å². The Bertz CT molecular complexity index is 943. The molecule has 132 valence electrons. The van der Waals surface area contributed by atoms with Crippen molar-refractivity contribution in [3.05, 3.63) is 82.9 Å². The molecule has 0 aliphatic carbocycles. The summed E-state index contributed by atoms with van der Waals surface area (Å²) >= 11 is 0. The Morgan fingerprint density at radius 2 is 1.85 bits per heavy atom. The van der Waals surface area contributed by atoms with E-state index in [4.69, 9.17) is 0 Å². The van der Waals surface area contributed by atoms with Gasteiger partial charge in [-0.2, -0.15) is 0 Å². The number of benzene rings is 2. The highest BCUT2D eigenvalue weighted by molar-refractivity contribution is 6.03. The van der Waals surface area contributed by atoms with Crippen molar-refractivity contribution in [1.29, 1.82) is 0 Å². The van der Waals surface area contributed by atoms with Gasteiger partial charge in [0.2, 0.25) is 5.95 Å². The molecule has 0 aliphatic rings. The van der Waals surface area contributed by atoms with E-state index in [-0.39, 0.29) is 29.9 Å². The Morgan fingerprint density at radius 1 is 1.04 bits per heavy atom. The number of anilines is 2.